The predicted molar refractivity (Wildman–Crippen MR) is 168 cm³/mol. The third kappa shape index (κ3) is 7.37. The molecule has 0 radical (unpaired) electrons. The van der Waals surface area contributed by atoms with E-state index in [1.165, 1.54) is 23.3 Å². The molecule has 222 valence electrons. The summed E-state index contributed by atoms with van der Waals surface area (Å²) in [6.45, 7) is 12.5. The zero-order valence-electron chi connectivity index (χ0n) is 25.3. The Bertz CT molecular complexity index is 1460. The molecule has 0 spiro atoms. The molecule has 6 nitrogen and oxygen atoms in total. The van der Waals surface area contributed by atoms with Gasteiger partial charge in [0.2, 0.25) is 0 Å². The Kier molecular flexibility index (Phi) is 9.27. The topological polar surface area (TPSA) is 62.2 Å². The van der Waals surface area contributed by atoms with Gasteiger partial charge in [-0.25, -0.2) is 13.9 Å². The van der Waals surface area contributed by atoms with E-state index < -0.39 is 0 Å². The van der Waals surface area contributed by atoms with Crippen molar-refractivity contribution >= 4 is 16.9 Å². The van der Waals surface area contributed by atoms with Gasteiger partial charge in [0, 0.05) is 37.6 Å². The van der Waals surface area contributed by atoms with E-state index in [1.807, 2.05) is 10.9 Å². The number of likely N-dealkylation sites (tertiary alicyclic amines) is 1. The van der Waals surface area contributed by atoms with Gasteiger partial charge in [-0.1, -0.05) is 64.1 Å². The van der Waals surface area contributed by atoms with E-state index in [-0.39, 0.29) is 29.2 Å². The van der Waals surface area contributed by atoms with Crippen molar-refractivity contribution in [1.29, 1.82) is 0 Å². The zero-order valence-corrected chi connectivity index (χ0v) is 25.3. The third-order valence-corrected chi connectivity index (χ3v) is 8.59. The summed E-state index contributed by atoms with van der Waals surface area (Å²) < 4.78 is 15.3. The second-order valence-electron chi connectivity index (χ2n) is 12.9. The van der Waals surface area contributed by atoms with Gasteiger partial charge in [0.25, 0.3) is 0 Å². The van der Waals surface area contributed by atoms with Crippen LogP contribution in [-0.2, 0) is 6.54 Å². The molecule has 0 bridgehead atoms. The molecular formula is C35H44FN5O. The maximum absolute atomic E-state index is 13.4. The number of amides is 2. The number of aromatic nitrogens is 2. The van der Waals surface area contributed by atoms with Gasteiger partial charge in [0.15, 0.2) is 0 Å². The van der Waals surface area contributed by atoms with Gasteiger partial charge >= 0.3 is 6.03 Å². The Morgan fingerprint density at radius 2 is 1.74 bits per heavy atom. The fourth-order valence-corrected chi connectivity index (χ4v) is 6.18. The lowest BCUT2D eigenvalue weighted by Gasteiger charge is -2.37. The number of hydrogen-bond donors (Lipinski definition) is 2. The largest absolute Gasteiger partial charge is 0.338 e. The molecule has 2 N–H and O–H groups in total. The van der Waals surface area contributed by atoms with Crippen molar-refractivity contribution in [1.82, 2.24) is 25.3 Å². The van der Waals surface area contributed by atoms with Crippen molar-refractivity contribution in [2.24, 2.45) is 11.3 Å². The summed E-state index contributed by atoms with van der Waals surface area (Å²) in [5.41, 5.74) is 4.23. The lowest BCUT2D eigenvalue weighted by Crippen LogP contribution is -2.49. The molecule has 3 aromatic carbocycles. The number of rotatable bonds is 10. The highest BCUT2D eigenvalue weighted by Crippen LogP contribution is 2.41. The molecule has 42 heavy (non-hydrogen) atoms. The fourth-order valence-electron chi connectivity index (χ4n) is 6.18. The Labute approximate surface area is 249 Å². The van der Waals surface area contributed by atoms with Crippen LogP contribution < -0.4 is 10.6 Å². The number of halogens is 1. The number of benzene rings is 3. The maximum Gasteiger partial charge on any atom is 0.315 e. The first-order valence-corrected chi connectivity index (χ1v) is 15.2. The van der Waals surface area contributed by atoms with E-state index in [0.717, 1.165) is 55.5 Å². The van der Waals surface area contributed by atoms with Crippen LogP contribution in [0.25, 0.3) is 16.6 Å². The predicted octanol–water partition coefficient (Wildman–Crippen LogP) is 7.28. The number of nitrogens with one attached hydrogen (secondary N) is 2. The van der Waals surface area contributed by atoms with Crippen molar-refractivity contribution in [2.45, 2.75) is 65.5 Å². The van der Waals surface area contributed by atoms with Crippen molar-refractivity contribution in [2.75, 3.05) is 19.6 Å². The zero-order chi connectivity index (χ0) is 29.7. The number of piperidine rings is 1. The maximum atomic E-state index is 13.4. The summed E-state index contributed by atoms with van der Waals surface area (Å²) >= 11 is 0. The van der Waals surface area contributed by atoms with Crippen molar-refractivity contribution in [3.05, 3.63) is 95.9 Å². The van der Waals surface area contributed by atoms with Gasteiger partial charge in [0.1, 0.15) is 5.82 Å². The van der Waals surface area contributed by atoms with E-state index in [4.69, 9.17) is 0 Å². The Morgan fingerprint density at radius 3 is 2.43 bits per heavy atom. The van der Waals surface area contributed by atoms with E-state index in [9.17, 15) is 9.18 Å². The third-order valence-electron chi connectivity index (χ3n) is 8.59. The molecule has 1 fully saturated rings. The minimum absolute atomic E-state index is 0.0797. The lowest BCUT2D eigenvalue weighted by atomic mass is 9.71. The monoisotopic (exact) mass is 569 g/mol. The molecule has 5 rings (SSSR count). The van der Waals surface area contributed by atoms with Gasteiger partial charge in [0.05, 0.1) is 17.4 Å². The number of carbonyl (C=O) groups excluding carboxylic acids is 1. The minimum atomic E-state index is -0.261. The number of fused-ring (bicyclic) bond motifs is 1. The molecule has 1 saturated heterocycles. The van der Waals surface area contributed by atoms with E-state index >= 15 is 0 Å². The van der Waals surface area contributed by atoms with Crippen molar-refractivity contribution in [3.8, 4) is 5.69 Å². The number of urea groups is 1. The summed E-state index contributed by atoms with van der Waals surface area (Å²) in [7, 11) is 0. The minimum Gasteiger partial charge on any atom is -0.338 e. The molecule has 0 aliphatic carbocycles. The van der Waals surface area contributed by atoms with Crippen LogP contribution in [0, 0.1) is 17.2 Å². The van der Waals surface area contributed by atoms with Crippen LogP contribution in [0.4, 0.5) is 9.18 Å². The SMILES string of the molecule is CC(C)CC(c1ccc2c(cnn2-c2ccc(F)cc2)c1)C(C)(C)CNC(=O)NC1CCN(Cc2ccccc2)CC1. The highest BCUT2D eigenvalue weighted by atomic mass is 19.1. The quantitative estimate of drug-likeness (QED) is 0.211. The van der Waals surface area contributed by atoms with Crippen LogP contribution in [0.5, 0.6) is 0 Å². The molecular weight excluding hydrogens is 525 g/mol. The highest BCUT2D eigenvalue weighted by molar-refractivity contribution is 5.81. The van der Waals surface area contributed by atoms with Crippen molar-refractivity contribution in [3.63, 3.8) is 0 Å². The van der Waals surface area contributed by atoms with Crippen LogP contribution in [-0.4, -0.2) is 46.4 Å². The van der Waals surface area contributed by atoms with Crippen LogP contribution in [0.1, 0.15) is 64.0 Å². The van der Waals surface area contributed by atoms with E-state index in [1.54, 1.807) is 12.1 Å². The van der Waals surface area contributed by atoms with Gasteiger partial charge in [-0.3, -0.25) is 4.90 Å². The van der Waals surface area contributed by atoms with Gasteiger partial charge in [-0.15, -0.1) is 0 Å². The summed E-state index contributed by atoms with van der Waals surface area (Å²) in [5, 5.41) is 12.1. The summed E-state index contributed by atoms with van der Waals surface area (Å²) in [6.07, 6.45) is 4.81. The van der Waals surface area contributed by atoms with Crippen LogP contribution >= 0.6 is 0 Å². The van der Waals surface area contributed by atoms with Crippen LogP contribution in [0.3, 0.4) is 0 Å². The Hall–Kier alpha value is -3.71. The number of carbonyl (C=O) groups is 1. The second kappa shape index (κ2) is 13.1. The fraction of sp³-hybridized carbons (Fsp3) is 0.429. The van der Waals surface area contributed by atoms with Gasteiger partial charge in [-0.2, -0.15) is 5.10 Å². The molecule has 4 aromatic rings. The summed E-state index contributed by atoms with van der Waals surface area (Å²) in [6, 6.07) is 23.6. The molecule has 1 unspecified atom stereocenters. The standard InChI is InChI=1S/C35H44FN5O/c1-25(2)20-32(27-10-15-33-28(21-27)22-38-41(33)31-13-11-29(36)12-14-31)35(3,4)24-37-34(42)39-30-16-18-40(19-17-30)23-26-8-6-5-7-9-26/h5-15,21-22,25,30,32H,16-20,23-24H2,1-4H3,(H2,37,39,42). The smallest absolute Gasteiger partial charge is 0.315 e. The van der Waals surface area contributed by atoms with E-state index in [2.05, 4.69) is 96.9 Å². The van der Waals surface area contributed by atoms with Gasteiger partial charge < -0.3 is 10.6 Å². The normalized spacial score (nSPS) is 15.7. The average Bonchev–Trinajstić information content (AvgIpc) is 3.40. The number of nitrogens with zero attached hydrogens (tertiary/aromatic N) is 3. The molecule has 1 atom stereocenters. The molecule has 1 aliphatic heterocycles. The first-order chi connectivity index (χ1) is 20.2. The lowest BCUT2D eigenvalue weighted by molar-refractivity contribution is 0.183. The van der Waals surface area contributed by atoms with E-state index in [0.29, 0.717) is 12.5 Å². The molecule has 2 heterocycles. The molecule has 2 amide bonds. The summed E-state index contributed by atoms with van der Waals surface area (Å²) in [4.78, 5) is 15.4. The second-order valence-corrected chi connectivity index (χ2v) is 12.9. The Balaban J connectivity index is 1.20. The highest BCUT2D eigenvalue weighted by Gasteiger charge is 2.32. The van der Waals surface area contributed by atoms with Crippen molar-refractivity contribution < 1.29 is 9.18 Å². The first-order valence-electron chi connectivity index (χ1n) is 15.2. The summed E-state index contributed by atoms with van der Waals surface area (Å²) in [5.74, 6) is 0.488. The average molecular weight is 570 g/mol. The molecule has 1 aromatic heterocycles. The molecule has 1 aliphatic rings. The number of hydrogen-bond acceptors (Lipinski definition) is 3. The molecule has 0 saturated carbocycles. The molecule has 7 heteroatoms. The Morgan fingerprint density at radius 1 is 1.02 bits per heavy atom. The first kappa shape index (κ1) is 29.8. The van der Waals surface area contributed by atoms with Crippen LogP contribution in [0.2, 0.25) is 0 Å². The van der Waals surface area contributed by atoms with Gasteiger partial charge in [-0.05, 0) is 84.0 Å². The van der Waals surface area contributed by atoms with Crippen LogP contribution in [0.15, 0.2) is 79.0 Å².